The van der Waals surface area contributed by atoms with Gasteiger partial charge in [0.15, 0.2) is 6.04 Å². The molecule has 0 fully saturated rings. The molecule has 1 aromatic carbocycles. The number of rotatable bonds is 2. The average Bonchev–Trinajstić information content (AvgIpc) is 2.29. The van der Waals surface area contributed by atoms with Crippen LogP contribution >= 0.6 is 15.9 Å². The van der Waals surface area contributed by atoms with E-state index in [1.54, 1.807) is 7.11 Å². The first kappa shape index (κ1) is 11.9. The molecule has 0 bridgehead atoms. The second-order valence-corrected chi connectivity index (χ2v) is 4.52. The van der Waals surface area contributed by atoms with Crippen molar-refractivity contribution >= 4 is 28.2 Å². The molecular weight excluding hydrogens is 286 g/mol. The highest BCUT2D eigenvalue weighted by Gasteiger charge is 2.23. The van der Waals surface area contributed by atoms with Crippen molar-refractivity contribution in [2.45, 2.75) is 13.0 Å². The molecule has 0 saturated heterocycles. The number of methoxy groups -OCH3 is 1. The van der Waals surface area contributed by atoms with E-state index in [9.17, 15) is 4.79 Å². The standard InChI is InChI=1S/C11H12BrN3O2/c1-6-3-7(4-8(12)10(6)17-2)9-11(16)15-14-5-13-9/h3-5,9H,1-2H3,(H,13,14)(H,15,16). The van der Waals surface area contributed by atoms with E-state index in [0.717, 1.165) is 21.3 Å². The number of carbonyl (C=O) groups is 1. The second-order valence-electron chi connectivity index (χ2n) is 3.67. The molecule has 1 unspecified atom stereocenters. The summed E-state index contributed by atoms with van der Waals surface area (Å²) >= 11 is 3.42. The molecule has 1 aliphatic heterocycles. The van der Waals surface area contributed by atoms with E-state index < -0.39 is 6.04 Å². The number of nitrogens with zero attached hydrogens (tertiary/aromatic N) is 1. The van der Waals surface area contributed by atoms with E-state index >= 15 is 0 Å². The molecule has 17 heavy (non-hydrogen) atoms. The van der Waals surface area contributed by atoms with Gasteiger partial charge in [-0.1, -0.05) is 0 Å². The van der Waals surface area contributed by atoms with Crippen LogP contribution < -0.4 is 15.6 Å². The third-order valence-corrected chi connectivity index (χ3v) is 3.09. The summed E-state index contributed by atoms with van der Waals surface area (Å²) in [4.78, 5) is 15.7. The van der Waals surface area contributed by atoms with E-state index in [-0.39, 0.29) is 5.91 Å². The normalized spacial score (nSPS) is 18.5. The van der Waals surface area contributed by atoms with Gasteiger partial charge in [-0.3, -0.25) is 20.6 Å². The van der Waals surface area contributed by atoms with Gasteiger partial charge in [0.05, 0.1) is 11.6 Å². The predicted octanol–water partition coefficient (Wildman–Crippen LogP) is 1.47. The van der Waals surface area contributed by atoms with Gasteiger partial charge in [-0.15, -0.1) is 0 Å². The number of aryl methyl sites for hydroxylation is 1. The fourth-order valence-corrected chi connectivity index (χ4v) is 2.50. The van der Waals surface area contributed by atoms with Crippen LogP contribution in [0.1, 0.15) is 17.2 Å². The molecule has 1 aliphatic rings. The largest absolute Gasteiger partial charge is 0.495 e. The van der Waals surface area contributed by atoms with Crippen molar-refractivity contribution in [1.82, 2.24) is 10.9 Å². The van der Waals surface area contributed by atoms with Gasteiger partial charge in [0.25, 0.3) is 5.91 Å². The Morgan fingerprint density at radius 3 is 2.82 bits per heavy atom. The molecular formula is C11H12BrN3O2. The number of hydrogen-bond acceptors (Lipinski definition) is 4. The third kappa shape index (κ3) is 2.26. The molecule has 0 spiro atoms. The first-order chi connectivity index (χ1) is 8.13. The van der Waals surface area contributed by atoms with Crippen LogP contribution in [0.5, 0.6) is 5.75 Å². The molecule has 0 aliphatic carbocycles. The molecule has 90 valence electrons. The number of benzene rings is 1. The van der Waals surface area contributed by atoms with E-state index in [4.69, 9.17) is 4.74 Å². The highest BCUT2D eigenvalue weighted by atomic mass is 79.9. The zero-order chi connectivity index (χ0) is 12.4. The number of amides is 1. The molecule has 0 aromatic heterocycles. The maximum atomic E-state index is 11.6. The Labute approximate surface area is 107 Å². The van der Waals surface area contributed by atoms with Crippen molar-refractivity contribution in [3.63, 3.8) is 0 Å². The van der Waals surface area contributed by atoms with Crippen molar-refractivity contribution in [2.24, 2.45) is 4.99 Å². The van der Waals surface area contributed by atoms with Gasteiger partial charge < -0.3 is 4.74 Å². The Balaban J connectivity index is 2.43. The van der Waals surface area contributed by atoms with Crippen molar-refractivity contribution in [2.75, 3.05) is 7.11 Å². The van der Waals surface area contributed by atoms with Crippen LogP contribution in [0.3, 0.4) is 0 Å². The first-order valence-electron chi connectivity index (χ1n) is 5.04. The minimum Gasteiger partial charge on any atom is -0.495 e. The Kier molecular flexibility index (Phi) is 3.33. The molecule has 2 rings (SSSR count). The lowest BCUT2D eigenvalue weighted by molar-refractivity contribution is -0.123. The Morgan fingerprint density at radius 2 is 2.24 bits per heavy atom. The maximum absolute atomic E-state index is 11.6. The predicted molar refractivity (Wildman–Crippen MR) is 67.9 cm³/mol. The van der Waals surface area contributed by atoms with Gasteiger partial charge in [0.1, 0.15) is 12.1 Å². The molecule has 1 atom stereocenters. The van der Waals surface area contributed by atoms with Crippen LogP contribution in [0.25, 0.3) is 0 Å². The zero-order valence-corrected chi connectivity index (χ0v) is 11.0. The lowest BCUT2D eigenvalue weighted by atomic mass is 10.0. The molecule has 6 heteroatoms. The minimum absolute atomic E-state index is 0.177. The number of halogens is 1. The molecule has 2 N–H and O–H groups in total. The van der Waals surface area contributed by atoms with Gasteiger partial charge in [0, 0.05) is 0 Å². The van der Waals surface area contributed by atoms with Crippen LogP contribution in [0.2, 0.25) is 0 Å². The quantitative estimate of drug-likeness (QED) is 0.869. The molecule has 1 heterocycles. The van der Waals surface area contributed by atoms with E-state index in [1.807, 2.05) is 19.1 Å². The van der Waals surface area contributed by atoms with E-state index in [2.05, 4.69) is 31.8 Å². The molecule has 1 amide bonds. The Morgan fingerprint density at radius 1 is 1.47 bits per heavy atom. The third-order valence-electron chi connectivity index (χ3n) is 2.50. The summed E-state index contributed by atoms with van der Waals surface area (Å²) in [6.07, 6.45) is 1.47. The highest BCUT2D eigenvalue weighted by molar-refractivity contribution is 9.10. The van der Waals surface area contributed by atoms with Gasteiger partial charge in [-0.25, -0.2) is 0 Å². The summed E-state index contributed by atoms with van der Waals surface area (Å²) in [5.74, 6) is 0.594. The fraction of sp³-hybridized carbons (Fsp3) is 0.273. The van der Waals surface area contributed by atoms with Crippen LogP contribution in [-0.4, -0.2) is 19.4 Å². The van der Waals surface area contributed by atoms with Gasteiger partial charge >= 0.3 is 0 Å². The molecule has 5 nitrogen and oxygen atoms in total. The second kappa shape index (κ2) is 4.75. The molecule has 0 radical (unpaired) electrons. The van der Waals surface area contributed by atoms with Crippen LogP contribution in [0, 0.1) is 6.92 Å². The lowest BCUT2D eigenvalue weighted by Gasteiger charge is -2.19. The number of nitrogens with one attached hydrogen (secondary N) is 2. The van der Waals surface area contributed by atoms with E-state index in [1.165, 1.54) is 6.34 Å². The molecule has 0 saturated carbocycles. The summed E-state index contributed by atoms with van der Waals surface area (Å²) in [7, 11) is 1.61. The maximum Gasteiger partial charge on any atom is 0.267 e. The van der Waals surface area contributed by atoms with Crippen molar-refractivity contribution in [1.29, 1.82) is 0 Å². The number of carbonyl (C=O) groups excluding carboxylic acids is 1. The molecule has 1 aromatic rings. The van der Waals surface area contributed by atoms with E-state index in [0.29, 0.717) is 0 Å². The summed E-state index contributed by atoms with van der Waals surface area (Å²) < 4.78 is 6.06. The van der Waals surface area contributed by atoms with Crippen molar-refractivity contribution < 1.29 is 9.53 Å². The van der Waals surface area contributed by atoms with Crippen LogP contribution in [-0.2, 0) is 4.79 Å². The monoisotopic (exact) mass is 297 g/mol. The number of hydrogen-bond donors (Lipinski definition) is 2. The van der Waals surface area contributed by atoms with Gasteiger partial charge in [-0.05, 0) is 46.1 Å². The van der Waals surface area contributed by atoms with Crippen LogP contribution in [0.4, 0.5) is 0 Å². The summed E-state index contributed by atoms with van der Waals surface area (Å²) in [5, 5.41) is 0. The summed E-state index contributed by atoms with van der Waals surface area (Å²) in [6.45, 7) is 1.93. The number of hydrazine groups is 1. The average molecular weight is 298 g/mol. The number of ether oxygens (including phenoxy) is 1. The highest BCUT2D eigenvalue weighted by Crippen LogP contribution is 2.33. The fourth-order valence-electron chi connectivity index (χ4n) is 1.76. The smallest absolute Gasteiger partial charge is 0.267 e. The minimum atomic E-state index is -0.517. The van der Waals surface area contributed by atoms with Crippen molar-refractivity contribution in [3.8, 4) is 5.75 Å². The van der Waals surface area contributed by atoms with Crippen molar-refractivity contribution in [3.05, 3.63) is 27.7 Å². The number of aliphatic imine (C=N–C) groups is 1. The van der Waals surface area contributed by atoms with Gasteiger partial charge in [0.2, 0.25) is 0 Å². The van der Waals surface area contributed by atoms with Gasteiger partial charge in [-0.2, -0.15) is 0 Å². The Bertz CT molecular complexity index is 465. The van der Waals surface area contributed by atoms with Crippen LogP contribution in [0.15, 0.2) is 21.6 Å². The Hall–Kier alpha value is -1.56. The zero-order valence-electron chi connectivity index (χ0n) is 9.45. The summed E-state index contributed by atoms with van der Waals surface area (Å²) in [6, 6.07) is 3.23. The lowest BCUT2D eigenvalue weighted by Crippen LogP contribution is -2.43. The SMILES string of the molecule is COc1c(C)cc(C2N=CNNC2=O)cc1Br. The first-order valence-corrected chi connectivity index (χ1v) is 5.84. The topological polar surface area (TPSA) is 62.7 Å². The summed E-state index contributed by atoms with van der Waals surface area (Å²) in [5.41, 5.74) is 6.85.